The van der Waals surface area contributed by atoms with E-state index >= 15 is 0 Å². The van der Waals surface area contributed by atoms with E-state index in [2.05, 4.69) is 10.2 Å². The molecule has 0 amide bonds. The average molecular weight is 218 g/mol. The molecule has 0 saturated heterocycles. The van der Waals surface area contributed by atoms with E-state index < -0.39 is 4.92 Å². The minimum Gasteiger partial charge on any atom is -0.314 e. The minimum absolute atomic E-state index is 0.0585. The van der Waals surface area contributed by atoms with Crippen molar-refractivity contribution < 1.29 is 4.92 Å². The molecular formula is C10H10N4O2. The van der Waals surface area contributed by atoms with E-state index in [9.17, 15) is 10.1 Å². The first-order chi connectivity index (χ1) is 7.72. The summed E-state index contributed by atoms with van der Waals surface area (Å²) in [5.74, 6) is 0.645. The highest BCUT2D eigenvalue weighted by atomic mass is 16.6. The van der Waals surface area contributed by atoms with Gasteiger partial charge in [-0.1, -0.05) is 12.1 Å². The second-order valence-corrected chi connectivity index (χ2v) is 3.25. The predicted molar refractivity (Wildman–Crippen MR) is 57.8 cm³/mol. The molecule has 0 aliphatic heterocycles. The number of nitrogens with zero attached hydrogens (tertiary/aromatic N) is 4. The van der Waals surface area contributed by atoms with Gasteiger partial charge in [0.1, 0.15) is 6.33 Å². The van der Waals surface area contributed by atoms with Crippen LogP contribution < -0.4 is 0 Å². The van der Waals surface area contributed by atoms with Gasteiger partial charge < -0.3 is 4.57 Å². The van der Waals surface area contributed by atoms with E-state index in [0.717, 1.165) is 6.54 Å². The average Bonchev–Trinajstić information content (AvgIpc) is 2.77. The van der Waals surface area contributed by atoms with Gasteiger partial charge in [-0.3, -0.25) is 10.1 Å². The van der Waals surface area contributed by atoms with Crippen LogP contribution in [0.2, 0.25) is 0 Å². The van der Waals surface area contributed by atoms with Crippen LogP contribution in [0.1, 0.15) is 6.92 Å². The van der Waals surface area contributed by atoms with Crippen molar-refractivity contribution in [3.05, 3.63) is 40.7 Å². The van der Waals surface area contributed by atoms with Crippen LogP contribution in [0.25, 0.3) is 11.4 Å². The fourth-order valence-corrected chi connectivity index (χ4v) is 1.47. The Bertz CT molecular complexity index is 521. The smallest absolute Gasteiger partial charge is 0.270 e. The number of aryl methyl sites for hydroxylation is 1. The van der Waals surface area contributed by atoms with Crippen LogP contribution in [0.4, 0.5) is 5.69 Å². The minimum atomic E-state index is -0.420. The number of hydrogen-bond acceptors (Lipinski definition) is 4. The summed E-state index contributed by atoms with van der Waals surface area (Å²) in [6, 6.07) is 6.37. The maximum Gasteiger partial charge on any atom is 0.270 e. The van der Waals surface area contributed by atoms with Gasteiger partial charge in [0.2, 0.25) is 0 Å². The first-order valence-electron chi connectivity index (χ1n) is 4.85. The maximum absolute atomic E-state index is 10.6. The van der Waals surface area contributed by atoms with Crippen LogP contribution in [0.15, 0.2) is 30.6 Å². The van der Waals surface area contributed by atoms with Gasteiger partial charge in [0.05, 0.1) is 4.92 Å². The monoisotopic (exact) mass is 218 g/mol. The number of nitro benzene ring substituents is 1. The summed E-state index contributed by atoms with van der Waals surface area (Å²) >= 11 is 0. The Hall–Kier alpha value is -2.24. The summed E-state index contributed by atoms with van der Waals surface area (Å²) in [5, 5.41) is 18.4. The van der Waals surface area contributed by atoms with Gasteiger partial charge in [0.15, 0.2) is 5.82 Å². The maximum atomic E-state index is 10.6. The topological polar surface area (TPSA) is 73.8 Å². The molecule has 0 aliphatic carbocycles. The molecule has 1 aromatic heterocycles. The summed E-state index contributed by atoms with van der Waals surface area (Å²) in [6.45, 7) is 2.69. The van der Waals surface area contributed by atoms with Crippen molar-refractivity contribution in [2.75, 3.05) is 0 Å². The highest BCUT2D eigenvalue weighted by molar-refractivity contribution is 5.59. The number of nitro groups is 1. The summed E-state index contributed by atoms with van der Waals surface area (Å²) in [4.78, 5) is 10.2. The molecule has 6 nitrogen and oxygen atoms in total. The highest BCUT2D eigenvalue weighted by Gasteiger charge is 2.10. The third kappa shape index (κ3) is 1.77. The number of non-ortho nitro benzene ring substituents is 1. The molecule has 0 aliphatic rings. The Morgan fingerprint density at radius 2 is 2.31 bits per heavy atom. The van der Waals surface area contributed by atoms with E-state index in [1.54, 1.807) is 18.5 Å². The summed E-state index contributed by atoms with van der Waals surface area (Å²) in [6.07, 6.45) is 1.61. The molecule has 0 spiro atoms. The van der Waals surface area contributed by atoms with Crippen molar-refractivity contribution in [1.82, 2.24) is 14.8 Å². The Labute approximate surface area is 91.7 Å². The van der Waals surface area contributed by atoms with Crippen LogP contribution in [0, 0.1) is 10.1 Å². The zero-order chi connectivity index (χ0) is 11.5. The molecular weight excluding hydrogens is 208 g/mol. The van der Waals surface area contributed by atoms with E-state index in [1.807, 2.05) is 11.5 Å². The lowest BCUT2D eigenvalue weighted by Crippen LogP contribution is -1.96. The summed E-state index contributed by atoms with van der Waals surface area (Å²) in [7, 11) is 0. The SMILES string of the molecule is CCn1cnnc1-c1cccc([N+](=O)[O-])c1. The van der Waals surface area contributed by atoms with Gasteiger partial charge in [-0.05, 0) is 6.92 Å². The number of hydrogen-bond donors (Lipinski definition) is 0. The highest BCUT2D eigenvalue weighted by Crippen LogP contribution is 2.21. The van der Waals surface area contributed by atoms with Gasteiger partial charge >= 0.3 is 0 Å². The molecule has 82 valence electrons. The quantitative estimate of drug-likeness (QED) is 0.582. The van der Waals surface area contributed by atoms with Gasteiger partial charge in [0.25, 0.3) is 5.69 Å². The normalized spacial score (nSPS) is 10.3. The van der Waals surface area contributed by atoms with E-state index in [0.29, 0.717) is 11.4 Å². The lowest BCUT2D eigenvalue weighted by molar-refractivity contribution is -0.384. The van der Waals surface area contributed by atoms with Crippen molar-refractivity contribution in [2.24, 2.45) is 0 Å². The molecule has 0 fully saturated rings. The molecule has 0 atom stereocenters. The van der Waals surface area contributed by atoms with Gasteiger partial charge in [-0.15, -0.1) is 10.2 Å². The molecule has 16 heavy (non-hydrogen) atoms. The van der Waals surface area contributed by atoms with Crippen molar-refractivity contribution >= 4 is 5.69 Å². The molecule has 0 bridgehead atoms. The molecule has 0 unspecified atom stereocenters. The van der Waals surface area contributed by atoms with E-state index in [-0.39, 0.29) is 5.69 Å². The largest absolute Gasteiger partial charge is 0.314 e. The molecule has 2 rings (SSSR count). The third-order valence-corrected chi connectivity index (χ3v) is 2.27. The van der Waals surface area contributed by atoms with Crippen LogP contribution in [0.3, 0.4) is 0 Å². The van der Waals surface area contributed by atoms with Crippen LogP contribution in [-0.2, 0) is 6.54 Å². The second-order valence-electron chi connectivity index (χ2n) is 3.25. The Kier molecular flexibility index (Phi) is 2.63. The van der Waals surface area contributed by atoms with Crippen LogP contribution in [0.5, 0.6) is 0 Å². The number of rotatable bonds is 3. The molecule has 0 radical (unpaired) electrons. The third-order valence-electron chi connectivity index (χ3n) is 2.27. The zero-order valence-corrected chi connectivity index (χ0v) is 8.70. The van der Waals surface area contributed by atoms with Gasteiger partial charge in [-0.2, -0.15) is 0 Å². The van der Waals surface area contributed by atoms with Crippen molar-refractivity contribution in [2.45, 2.75) is 13.5 Å². The fourth-order valence-electron chi connectivity index (χ4n) is 1.47. The summed E-state index contributed by atoms with van der Waals surface area (Å²) < 4.78 is 1.83. The Morgan fingerprint density at radius 1 is 1.50 bits per heavy atom. The first-order valence-corrected chi connectivity index (χ1v) is 4.85. The molecule has 6 heteroatoms. The van der Waals surface area contributed by atoms with Crippen molar-refractivity contribution in [1.29, 1.82) is 0 Å². The Balaban J connectivity index is 2.48. The van der Waals surface area contributed by atoms with Crippen LogP contribution >= 0.6 is 0 Å². The summed E-state index contributed by atoms with van der Waals surface area (Å²) in [5.41, 5.74) is 0.761. The van der Waals surface area contributed by atoms with Gasteiger partial charge in [0, 0.05) is 24.2 Å². The van der Waals surface area contributed by atoms with Crippen molar-refractivity contribution in [3.8, 4) is 11.4 Å². The first kappa shape index (κ1) is 10.3. The molecule has 1 aromatic carbocycles. The van der Waals surface area contributed by atoms with E-state index in [4.69, 9.17) is 0 Å². The number of benzene rings is 1. The fraction of sp³-hybridized carbons (Fsp3) is 0.200. The van der Waals surface area contributed by atoms with Gasteiger partial charge in [-0.25, -0.2) is 0 Å². The lowest BCUT2D eigenvalue weighted by atomic mass is 10.2. The second kappa shape index (κ2) is 4.09. The van der Waals surface area contributed by atoms with Crippen LogP contribution in [-0.4, -0.2) is 19.7 Å². The lowest BCUT2D eigenvalue weighted by Gasteiger charge is -2.02. The molecule has 0 saturated carbocycles. The van der Waals surface area contributed by atoms with Crippen molar-refractivity contribution in [3.63, 3.8) is 0 Å². The zero-order valence-electron chi connectivity index (χ0n) is 8.70. The Morgan fingerprint density at radius 3 is 3.00 bits per heavy atom. The molecule has 2 aromatic rings. The predicted octanol–water partition coefficient (Wildman–Crippen LogP) is 1.87. The standard InChI is InChI=1S/C10H10N4O2/c1-2-13-7-11-12-10(13)8-4-3-5-9(6-8)14(15)16/h3-7H,2H2,1H3. The number of aromatic nitrogens is 3. The molecule has 0 N–H and O–H groups in total. The molecule has 1 heterocycles. The van der Waals surface area contributed by atoms with E-state index in [1.165, 1.54) is 12.1 Å².